The molecule has 1 saturated carbocycles. The van der Waals surface area contributed by atoms with E-state index >= 15 is 0 Å². The summed E-state index contributed by atoms with van der Waals surface area (Å²) >= 11 is 4.66. The molecule has 0 N–H and O–H groups in total. The number of aryl methyl sites for hydroxylation is 1. The van der Waals surface area contributed by atoms with Crippen LogP contribution >= 0.6 is 12.6 Å². The van der Waals surface area contributed by atoms with E-state index in [1.54, 1.807) is 0 Å². The molecule has 112 valence electrons. The van der Waals surface area contributed by atoms with Crippen LogP contribution in [-0.2, 0) is 6.54 Å². The second kappa shape index (κ2) is 7.46. The second-order valence-corrected chi connectivity index (χ2v) is 6.61. The number of thiol groups is 1. The molecule has 20 heavy (non-hydrogen) atoms. The summed E-state index contributed by atoms with van der Waals surface area (Å²) in [7, 11) is 0. The zero-order chi connectivity index (χ0) is 14.4. The lowest BCUT2D eigenvalue weighted by Gasteiger charge is -2.40. The zero-order valence-electron chi connectivity index (χ0n) is 12.9. The topological polar surface area (TPSA) is 16.1 Å². The Morgan fingerprint density at radius 1 is 1.25 bits per heavy atom. The third-order valence-electron chi connectivity index (χ3n) is 4.59. The van der Waals surface area contributed by atoms with E-state index in [4.69, 9.17) is 0 Å². The number of rotatable bonds is 6. The van der Waals surface area contributed by atoms with Crippen molar-refractivity contribution >= 4 is 12.6 Å². The summed E-state index contributed by atoms with van der Waals surface area (Å²) in [5.41, 5.74) is 2.73. The molecule has 2 rings (SSSR count). The van der Waals surface area contributed by atoms with Crippen molar-refractivity contribution in [3.8, 4) is 0 Å². The van der Waals surface area contributed by atoms with Crippen LogP contribution in [0.4, 0.5) is 0 Å². The molecule has 0 unspecified atom stereocenters. The van der Waals surface area contributed by atoms with Crippen molar-refractivity contribution in [1.29, 1.82) is 0 Å². The molecule has 0 atom stereocenters. The van der Waals surface area contributed by atoms with Gasteiger partial charge in [-0.15, -0.1) is 0 Å². The first-order valence-corrected chi connectivity index (χ1v) is 8.56. The molecule has 1 aromatic rings. The van der Waals surface area contributed by atoms with Gasteiger partial charge >= 0.3 is 0 Å². The van der Waals surface area contributed by atoms with Crippen molar-refractivity contribution in [2.75, 3.05) is 18.8 Å². The normalized spacial score (nSPS) is 18.4. The van der Waals surface area contributed by atoms with Gasteiger partial charge in [0.1, 0.15) is 0 Å². The van der Waals surface area contributed by atoms with Crippen LogP contribution in [0.2, 0.25) is 0 Å². The highest BCUT2D eigenvalue weighted by atomic mass is 32.1. The summed E-state index contributed by atoms with van der Waals surface area (Å²) in [5.74, 6) is 1.02. The van der Waals surface area contributed by atoms with Crippen molar-refractivity contribution in [1.82, 2.24) is 9.88 Å². The van der Waals surface area contributed by atoms with Gasteiger partial charge in [-0.2, -0.15) is 12.6 Å². The van der Waals surface area contributed by atoms with Gasteiger partial charge in [0.05, 0.1) is 5.69 Å². The zero-order valence-corrected chi connectivity index (χ0v) is 13.8. The van der Waals surface area contributed by atoms with E-state index in [1.807, 2.05) is 0 Å². The van der Waals surface area contributed by atoms with E-state index in [0.717, 1.165) is 24.5 Å². The smallest absolute Gasteiger partial charge is 0.0547 e. The van der Waals surface area contributed by atoms with Gasteiger partial charge in [-0.3, -0.25) is 9.88 Å². The van der Waals surface area contributed by atoms with Crippen LogP contribution in [0.1, 0.15) is 50.4 Å². The van der Waals surface area contributed by atoms with E-state index in [1.165, 1.54) is 44.3 Å². The first-order chi connectivity index (χ1) is 9.67. The van der Waals surface area contributed by atoms with Crippen LogP contribution in [0.25, 0.3) is 0 Å². The van der Waals surface area contributed by atoms with Crippen molar-refractivity contribution < 1.29 is 0 Å². The molecule has 1 heterocycles. The van der Waals surface area contributed by atoms with Gasteiger partial charge in [0.2, 0.25) is 0 Å². The van der Waals surface area contributed by atoms with Gasteiger partial charge in [0.15, 0.2) is 0 Å². The van der Waals surface area contributed by atoms with E-state index in [2.05, 4.69) is 54.6 Å². The van der Waals surface area contributed by atoms with Crippen molar-refractivity contribution in [2.45, 2.75) is 52.5 Å². The van der Waals surface area contributed by atoms with Crippen LogP contribution < -0.4 is 0 Å². The van der Waals surface area contributed by atoms with Gasteiger partial charge in [0, 0.05) is 18.8 Å². The van der Waals surface area contributed by atoms with Crippen molar-refractivity contribution in [2.24, 2.45) is 5.41 Å². The minimum Gasteiger partial charge on any atom is -0.297 e. The summed E-state index contributed by atoms with van der Waals surface area (Å²) in [6.07, 6.45) is 6.84. The van der Waals surface area contributed by atoms with Gasteiger partial charge < -0.3 is 0 Å². The Bertz CT molecular complexity index is 413. The first-order valence-electron chi connectivity index (χ1n) is 7.93. The minimum atomic E-state index is 0.432. The van der Waals surface area contributed by atoms with Gasteiger partial charge in [-0.1, -0.05) is 32.3 Å². The third-order valence-corrected chi connectivity index (χ3v) is 5.26. The maximum atomic E-state index is 4.66. The molecule has 1 fully saturated rings. The summed E-state index contributed by atoms with van der Waals surface area (Å²) in [4.78, 5) is 7.19. The Morgan fingerprint density at radius 2 is 2.00 bits per heavy atom. The fourth-order valence-electron chi connectivity index (χ4n) is 3.34. The molecule has 0 aliphatic heterocycles. The number of nitrogens with zero attached hydrogens (tertiary/aromatic N) is 2. The average molecular weight is 292 g/mol. The predicted octanol–water partition coefficient (Wildman–Crippen LogP) is 4.09. The molecule has 0 saturated heterocycles. The Kier molecular flexibility index (Phi) is 5.91. The molecule has 1 aromatic heterocycles. The summed E-state index contributed by atoms with van der Waals surface area (Å²) in [6.45, 7) is 7.54. The largest absolute Gasteiger partial charge is 0.297 e. The minimum absolute atomic E-state index is 0.432. The van der Waals surface area contributed by atoms with Crippen LogP contribution in [-0.4, -0.2) is 28.7 Å². The Balaban J connectivity index is 2.00. The quantitative estimate of drug-likeness (QED) is 0.795. The monoisotopic (exact) mass is 292 g/mol. The molecule has 3 heteroatoms. The third kappa shape index (κ3) is 4.23. The average Bonchev–Trinajstić information content (AvgIpc) is 2.47. The molecule has 0 aromatic carbocycles. The number of hydrogen-bond acceptors (Lipinski definition) is 3. The summed E-state index contributed by atoms with van der Waals surface area (Å²) < 4.78 is 0. The van der Waals surface area contributed by atoms with E-state index in [9.17, 15) is 0 Å². The van der Waals surface area contributed by atoms with E-state index in [-0.39, 0.29) is 0 Å². The molecule has 2 nitrogen and oxygen atoms in total. The highest BCUT2D eigenvalue weighted by Gasteiger charge is 2.32. The Hall–Kier alpha value is -0.540. The molecule has 0 spiro atoms. The Labute approximate surface area is 129 Å². The van der Waals surface area contributed by atoms with Crippen LogP contribution in [0, 0.1) is 12.3 Å². The standard InChI is InChI=1S/C17H28N2S/c1-3-19(12-16-9-7-8-15(2)18-16)13-17(14-20)10-5-4-6-11-17/h7-9,20H,3-6,10-14H2,1-2H3. The first kappa shape index (κ1) is 15.8. The number of aromatic nitrogens is 1. The fraction of sp³-hybridized carbons (Fsp3) is 0.706. The molecular weight excluding hydrogens is 264 g/mol. The molecule has 0 bridgehead atoms. The van der Waals surface area contributed by atoms with Gasteiger partial charge in [0.25, 0.3) is 0 Å². The van der Waals surface area contributed by atoms with E-state index < -0.39 is 0 Å². The number of pyridine rings is 1. The molecular formula is C17H28N2S. The summed E-state index contributed by atoms with van der Waals surface area (Å²) in [6, 6.07) is 6.32. The van der Waals surface area contributed by atoms with Crippen LogP contribution in [0.15, 0.2) is 18.2 Å². The maximum Gasteiger partial charge on any atom is 0.0547 e. The second-order valence-electron chi connectivity index (χ2n) is 6.29. The SMILES string of the molecule is CCN(Cc1cccc(C)n1)CC1(CS)CCCCC1. The number of hydrogen-bond donors (Lipinski definition) is 1. The Morgan fingerprint density at radius 3 is 2.60 bits per heavy atom. The van der Waals surface area contributed by atoms with Gasteiger partial charge in [-0.05, 0) is 49.6 Å². The molecule has 1 aliphatic carbocycles. The lowest BCUT2D eigenvalue weighted by Crippen LogP contribution is -2.40. The molecule has 0 radical (unpaired) electrons. The highest BCUT2D eigenvalue weighted by molar-refractivity contribution is 7.80. The maximum absolute atomic E-state index is 4.66. The summed E-state index contributed by atoms with van der Waals surface area (Å²) in [5, 5.41) is 0. The van der Waals surface area contributed by atoms with Crippen LogP contribution in [0.5, 0.6) is 0 Å². The predicted molar refractivity (Wildman–Crippen MR) is 89.3 cm³/mol. The van der Waals surface area contributed by atoms with E-state index in [0.29, 0.717) is 5.41 Å². The van der Waals surface area contributed by atoms with Crippen molar-refractivity contribution in [3.63, 3.8) is 0 Å². The molecule has 0 amide bonds. The van der Waals surface area contributed by atoms with Crippen molar-refractivity contribution in [3.05, 3.63) is 29.6 Å². The highest BCUT2D eigenvalue weighted by Crippen LogP contribution is 2.38. The van der Waals surface area contributed by atoms with Gasteiger partial charge in [-0.25, -0.2) is 0 Å². The molecule has 1 aliphatic rings. The fourth-order valence-corrected chi connectivity index (χ4v) is 3.75. The lowest BCUT2D eigenvalue weighted by atomic mass is 9.75. The lowest BCUT2D eigenvalue weighted by molar-refractivity contribution is 0.124. The van der Waals surface area contributed by atoms with Crippen LogP contribution in [0.3, 0.4) is 0 Å².